The second kappa shape index (κ2) is 5.34. The highest BCUT2D eigenvalue weighted by molar-refractivity contribution is 9.10. The predicted octanol–water partition coefficient (Wildman–Crippen LogP) is 2.50. The number of carbonyl (C=O) groups is 1. The number of carbonyl (C=O) groups excluding carboxylic acids is 1. The van der Waals surface area contributed by atoms with Gasteiger partial charge in [0, 0.05) is 6.54 Å². The van der Waals surface area contributed by atoms with E-state index in [1.165, 1.54) is 0 Å². The first kappa shape index (κ1) is 11.5. The quantitative estimate of drug-likeness (QED) is 0.906. The van der Waals surface area contributed by atoms with Gasteiger partial charge in [-0.25, -0.2) is 0 Å². The SMILES string of the molecule is O=C1NCCCCC1Oc1ccccc1Br. The summed E-state index contributed by atoms with van der Waals surface area (Å²) in [6, 6.07) is 7.59. The molecule has 0 aliphatic carbocycles. The van der Waals surface area contributed by atoms with E-state index in [4.69, 9.17) is 4.74 Å². The maximum absolute atomic E-state index is 11.7. The molecule has 1 aliphatic heterocycles. The van der Waals surface area contributed by atoms with E-state index in [0.29, 0.717) is 0 Å². The summed E-state index contributed by atoms with van der Waals surface area (Å²) in [5, 5.41) is 2.86. The lowest BCUT2D eigenvalue weighted by molar-refractivity contribution is -0.127. The largest absolute Gasteiger partial charge is 0.479 e. The standard InChI is InChI=1S/C12H14BrNO2/c13-9-5-1-2-6-10(9)16-11-7-3-4-8-14-12(11)15/h1-2,5-6,11H,3-4,7-8H2,(H,14,15). The molecule has 0 spiro atoms. The van der Waals surface area contributed by atoms with E-state index < -0.39 is 0 Å². The fourth-order valence-electron chi connectivity index (χ4n) is 1.72. The van der Waals surface area contributed by atoms with Gasteiger partial charge in [-0.3, -0.25) is 4.79 Å². The lowest BCUT2D eigenvalue weighted by Crippen LogP contribution is -2.36. The molecular formula is C12H14BrNO2. The molecule has 16 heavy (non-hydrogen) atoms. The number of nitrogens with one attached hydrogen (secondary N) is 1. The van der Waals surface area contributed by atoms with Crippen LogP contribution >= 0.6 is 15.9 Å². The Morgan fingerprint density at radius 3 is 2.94 bits per heavy atom. The molecule has 0 saturated carbocycles. The van der Waals surface area contributed by atoms with Gasteiger partial charge >= 0.3 is 0 Å². The smallest absolute Gasteiger partial charge is 0.261 e. The Labute approximate surface area is 103 Å². The Bertz CT molecular complexity index is 381. The maximum atomic E-state index is 11.7. The van der Waals surface area contributed by atoms with E-state index in [2.05, 4.69) is 21.2 Å². The van der Waals surface area contributed by atoms with Crippen LogP contribution in [0.4, 0.5) is 0 Å². The van der Waals surface area contributed by atoms with Crippen molar-refractivity contribution >= 4 is 21.8 Å². The van der Waals surface area contributed by atoms with Gasteiger partial charge in [-0.15, -0.1) is 0 Å². The zero-order chi connectivity index (χ0) is 11.4. The zero-order valence-electron chi connectivity index (χ0n) is 8.91. The van der Waals surface area contributed by atoms with Gasteiger partial charge in [-0.2, -0.15) is 0 Å². The van der Waals surface area contributed by atoms with Crippen LogP contribution in [0.25, 0.3) is 0 Å². The molecule has 0 aromatic heterocycles. The van der Waals surface area contributed by atoms with Gasteiger partial charge in [-0.05, 0) is 47.3 Å². The van der Waals surface area contributed by atoms with Crippen molar-refractivity contribution in [3.8, 4) is 5.75 Å². The second-order valence-electron chi connectivity index (χ2n) is 3.82. The minimum absolute atomic E-state index is 0.00625. The molecule has 0 radical (unpaired) electrons. The average molecular weight is 284 g/mol. The number of hydrogen-bond donors (Lipinski definition) is 1. The van der Waals surface area contributed by atoms with Crippen LogP contribution in [-0.4, -0.2) is 18.6 Å². The molecular weight excluding hydrogens is 270 g/mol. The fourth-order valence-corrected chi connectivity index (χ4v) is 2.10. The Morgan fingerprint density at radius 1 is 1.31 bits per heavy atom. The van der Waals surface area contributed by atoms with Crippen LogP contribution in [-0.2, 0) is 4.79 Å². The molecule has 3 nitrogen and oxygen atoms in total. The summed E-state index contributed by atoms with van der Waals surface area (Å²) in [5.41, 5.74) is 0. The highest BCUT2D eigenvalue weighted by atomic mass is 79.9. The van der Waals surface area contributed by atoms with Crippen LogP contribution in [0.5, 0.6) is 5.75 Å². The van der Waals surface area contributed by atoms with E-state index in [9.17, 15) is 4.79 Å². The van der Waals surface area contributed by atoms with Crippen molar-refractivity contribution in [1.29, 1.82) is 0 Å². The number of hydrogen-bond acceptors (Lipinski definition) is 2. The van der Waals surface area contributed by atoms with Crippen molar-refractivity contribution in [2.24, 2.45) is 0 Å². The summed E-state index contributed by atoms with van der Waals surface area (Å²) < 4.78 is 6.60. The molecule has 1 heterocycles. The van der Waals surface area contributed by atoms with Crippen LogP contribution in [0.1, 0.15) is 19.3 Å². The van der Waals surface area contributed by atoms with Crippen molar-refractivity contribution in [2.75, 3.05) is 6.54 Å². The summed E-state index contributed by atoms with van der Waals surface area (Å²) in [4.78, 5) is 11.7. The van der Waals surface area contributed by atoms with Crippen LogP contribution in [0.3, 0.4) is 0 Å². The molecule has 86 valence electrons. The Balaban J connectivity index is 2.08. The molecule has 2 rings (SSSR count). The van der Waals surface area contributed by atoms with Crippen molar-refractivity contribution in [1.82, 2.24) is 5.32 Å². The van der Waals surface area contributed by atoms with E-state index in [-0.39, 0.29) is 12.0 Å². The van der Waals surface area contributed by atoms with Gasteiger partial charge in [-0.1, -0.05) is 12.1 Å². The Hall–Kier alpha value is -1.03. The molecule has 4 heteroatoms. The molecule has 1 aromatic carbocycles. The molecule has 1 aliphatic rings. The molecule has 1 saturated heterocycles. The van der Waals surface area contributed by atoms with E-state index in [1.54, 1.807) is 0 Å². The first-order valence-electron chi connectivity index (χ1n) is 5.46. The third-order valence-electron chi connectivity index (χ3n) is 2.59. The second-order valence-corrected chi connectivity index (χ2v) is 4.68. The van der Waals surface area contributed by atoms with Crippen LogP contribution < -0.4 is 10.1 Å². The van der Waals surface area contributed by atoms with E-state index in [1.807, 2.05) is 24.3 Å². The lowest BCUT2D eigenvalue weighted by Gasteiger charge is -2.16. The van der Waals surface area contributed by atoms with Crippen LogP contribution in [0, 0.1) is 0 Å². The van der Waals surface area contributed by atoms with Crippen molar-refractivity contribution in [3.05, 3.63) is 28.7 Å². The first-order chi connectivity index (χ1) is 7.77. The van der Waals surface area contributed by atoms with Gasteiger partial charge in [0.05, 0.1) is 4.47 Å². The molecule has 1 aromatic rings. The molecule has 1 atom stereocenters. The Kier molecular flexibility index (Phi) is 3.83. The van der Waals surface area contributed by atoms with Crippen molar-refractivity contribution in [2.45, 2.75) is 25.4 Å². The molecule has 1 N–H and O–H groups in total. The fraction of sp³-hybridized carbons (Fsp3) is 0.417. The minimum Gasteiger partial charge on any atom is -0.479 e. The maximum Gasteiger partial charge on any atom is 0.261 e. The minimum atomic E-state index is -0.360. The third-order valence-corrected chi connectivity index (χ3v) is 3.25. The van der Waals surface area contributed by atoms with Crippen LogP contribution in [0.15, 0.2) is 28.7 Å². The summed E-state index contributed by atoms with van der Waals surface area (Å²) >= 11 is 3.41. The Morgan fingerprint density at radius 2 is 2.12 bits per heavy atom. The number of ether oxygens (including phenoxy) is 1. The number of halogens is 1. The van der Waals surface area contributed by atoms with Crippen molar-refractivity contribution < 1.29 is 9.53 Å². The van der Waals surface area contributed by atoms with Crippen molar-refractivity contribution in [3.63, 3.8) is 0 Å². The number of benzene rings is 1. The van der Waals surface area contributed by atoms with Gasteiger partial charge < -0.3 is 10.1 Å². The zero-order valence-corrected chi connectivity index (χ0v) is 10.5. The monoisotopic (exact) mass is 283 g/mol. The molecule has 1 amide bonds. The normalized spacial score (nSPS) is 21.1. The first-order valence-corrected chi connectivity index (χ1v) is 6.25. The summed E-state index contributed by atoms with van der Waals surface area (Å²) in [7, 11) is 0. The molecule has 1 fully saturated rings. The van der Waals surface area contributed by atoms with Gasteiger partial charge in [0.15, 0.2) is 6.10 Å². The topological polar surface area (TPSA) is 38.3 Å². The number of rotatable bonds is 2. The highest BCUT2D eigenvalue weighted by Crippen LogP contribution is 2.26. The predicted molar refractivity (Wildman–Crippen MR) is 65.4 cm³/mol. The summed E-state index contributed by atoms with van der Waals surface area (Å²) in [6.07, 6.45) is 2.48. The van der Waals surface area contributed by atoms with Gasteiger partial charge in [0.25, 0.3) is 5.91 Å². The highest BCUT2D eigenvalue weighted by Gasteiger charge is 2.22. The number of amides is 1. The lowest BCUT2D eigenvalue weighted by atomic mass is 10.2. The summed E-state index contributed by atoms with van der Waals surface area (Å²) in [6.45, 7) is 0.759. The van der Waals surface area contributed by atoms with E-state index in [0.717, 1.165) is 36.0 Å². The number of para-hydroxylation sites is 1. The third kappa shape index (κ3) is 2.76. The van der Waals surface area contributed by atoms with Gasteiger partial charge in [0.2, 0.25) is 0 Å². The van der Waals surface area contributed by atoms with Gasteiger partial charge in [0.1, 0.15) is 5.75 Å². The molecule has 1 unspecified atom stereocenters. The van der Waals surface area contributed by atoms with E-state index >= 15 is 0 Å². The van der Waals surface area contributed by atoms with Crippen LogP contribution in [0.2, 0.25) is 0 Å². The average Bonchev–Trinajstić information content (AvgIpc) is 2.48. The molecule has 0 bridgehead atoms. The summed E-state index contributed by atoms with van der Waals surface area (Å²) in [5.74, 6) is 0.720.